The number of aromatic amines is 1. The molecule has 0 saturated heterocycles. The molecule has 0 radical (unpaired) electrons. The number of ether oxygens (including phenoxy) is 2. The Bertz CT molecular complexity index is 1490. The second kappa shape index (κ2) is 11.3. The number of anilines is 1. The molecule has 3 heterocycles. The minimum atomic E-state index is -1.08. The van der Waals surface area contributed by atoms with Crippen LogP contribution in [-0.4, -0.2) is 62.3 Å². The highest BCUT2D eigenvalue weighted by atomic mass is 16.6. The maximum atomic E-state index is 12.8. The van der Waals surface area contributed by atoms with Gasteiger partial charge in [-0.2, -0.15) is 0 Å². The van der Waals surface area contributed by atoms with Gasteiger partial charge in [-0.3, -0.25) is 10.2 Å². The van der Waals surface area contributed by atoms with Gasteiger partial charge in [0.05, 0.1) is 18.5 Å². The van der Waals surface area contributed by atoms with Crippen molar-refractivity contribution in [2.24, 2.45) is 7.05 Å². The number of benzene rings is 1. The Labute approximate surface area is 227 Å². The van der Waals surface area contributed by atoms with Crippen LogP contribution in [0, 0.1) is 0 Å². The molecule has 0 saturated carbocycles. The largest absolute Gasteiger partial charge is 0.450 e. The van der Waals surface area contributed by atoms with Crippen LogP contribution >= 0.6 is 0 Å². The molecule has 0 spiro atoms. The Morgan fingerprint density at radius 3 is 2.74 bits per heavy atom. The number of carbonyl (C=O) groups is 2. The van der Waals surface area contributed by atoms with E-state index in [2.05, 4.69) is 15.3 Å². The molecule has 11 heteroatoms. The third kappa shape index (κ3) is 6.48. The van der Waals surface area contributed by atoms with Crippen molar-refractivity contribution in [2.75, 3.05) is 18.6 Å². The molecular formula is C28H36N6O5. The van der Waals surface area contributed by atoms with E-state index >= 15 is 0 Å². The molecule has 0 aliphatic carbocycles. The molecule has 39 heavy (non-hydrogen) atoms. The highest BCUT2D eigenvalue weighted by molar-refractivity contribution is 6.09. The van der Waals surface area contributed by atoms with E-state index in [0.717, 1.165) is 40.6 Å². The maximum absolute atomic E-state index is 12.8. The van der Waals surface area contributed by atoms with Crippen LogP contribution in [0.5, 0.6) is 0 Å². The third-order valence-electron chi connectivity index (χ3n) is 6.09. The smallest absolute Gasteiger partial charge is 0.415 e. The zero-order valence-corrected chi connectivity index (χ0v) is 23.2. The van der Waals surface area contributed by atoms with Gasteiger partial charge in [0.15, 0.2) is 5.82 Å². The summed E-state index contributed by atoms with van der Waals surface area (Å²) in [6.45, 7) is 7.76. The van der Waals surface area contributed by atoms with E-state index in [1.165, 1.54) is 4.90 Å². The highest BCUT2D eigenvalue weighted by Gasteiger charge is 2.25. The van der Waals surface area contributed by atoms with Gasteiger partial charge in [0, 0.05) is 31.6 Å². The van der Waals surface area contributed by atoms with Crippen LogP contribution in [0.4, 0.5) is 15.4 Å². The van der Waals surface area contributed by atoms with Gasteiger partial charge in [-0.15, -0.1) is 0 Å². The van der Waals surface area contributed by atoms with E-state index in [1.54, 1.807) is 13.4 Å². The van der Waals surface area contributed by atoms with Crippen molar-refractivity contribution >= 4 is 40.1 Å². The first-order valence-corrected chi connectivity index (χ1v) is 13.0. The molecule has 2 amide bonds. The zero-order valence-electron chi connectivity index (χ0n) is 23.2. The van der Waals surface area contributed by atoms with E-state index < -0.39 is 24.0 Å². The van der Waals surface area contributed by atoms with Crippen LogP contribution in [0.2, 0.25) is 0 Å². The fourth-order valence-electron chi connectivity index (χ4n) is 4.22. The summed E-state index contributed by atoms with van der Waals surface area (Å²) in [7, 11) is 3.50. The summed E-state index contributed by atoms with van der Waals surface area (Å²) < 4.78 is 12.5. The molecule has 0 aliphatic heterocycles. The topological polar surface area (TPSA) is 135 Å². The van der Waals surface area contributed by atoms with Crippen LogP contribution in [-0.2, 0) is 22.9 Å². The van der Waals surface area contributed by atoms with Crippen LogP contribution in [0.15, 0.2) is 36.7 Å². The minimum absolute atomic E-state index is 0.214. The van der Waals surface area contributed by atoms with Gasteiger partial charge >= 0.3 is 12.2 Å². The number of aliphatic hydroxyl groups excluding tert-OH is 1. The normalized spacial score (nSPS) is 12.5. The monoisotopic (exact) mass is 536 g/mol. The Morgan fingerprint density at radius 2 is 2.03 bits per heavy atom. The summed E-state index contributed by atoms with van der Waals surface area (Å²) in [6, 6.07) is 9.64. The van der Waals surface area contributed by atoms with Gasteiger partial charge < -0.3 is 24.1 Å². The summed E-state index contributed by atoms with van der Waals surface area (Å²) in [6.07, 6.45) is 1.34. The van der Waals surface area contributed by atoms with Crippen LogP contribution in [0.3, 0.4) is 0 Å². The third-order valence-corrected chi connectivity index (χ3v) is 6.09. The Balaban J connectivity index is 1.62. The predicted molar refractivity (Wildman–Crippen MR) is 150 cm³/mol. The summed E-state index contributed by atoms with van der Waals surface area (Å²) in [5.41, 5.74) is 3.86. The lowest BCUT2D eigenvalue weighted by Crippen LogP contribution is -2.36. The van der Waals surface area contributed by atoms with Crippen LogP contribution < -0.4 is 10.2 Å². The van der Waals surface area contributed by atoms with Gasteiger partial charge in [0.2, 0.25) is 0 Å². The molecule has 4 rings (SSSR count). The van der Waals surface area contributed by atoms with Crippen molar-refractivity contribution in [3.05, 3.63) is 42.2 Å². The molecule has 4 aromatic rings. The number of H-pyrrole nitrogens is 1. The number of hydrogen-bond acceptors (Lipinski definition) is 7. The van der Waals surface area contributed by atoms with E-state index in [-0.39, 0.29) is 6.42 Å². The van der Waals surface area contributed by atoms with Crippen LogP contribution in [0.1, 0.15) is 46.1 Å². The summed E-state index contributed by atoms with van der Waals surface area (Å²) in [5.74, 6) is 0.384. The molecule has 3 aromatic heterocycles. The number of unbranched alkanes of at least 4 members (excludes halogenated alkanes) is 1. The Hall–Kier alpha value is -4.12. The molecule has 0 aliphatic rings. The van der Waals surface area contributed by atoms with Crippen molar-refractivity contribution in [1.29, 1.82) is 0 Å². The molecule has 0 bridgehead atoms. The fourth-order valence-corrected chi connectivity index (χ4v) is 4.22. The summed E-state index contributed by atoms with van der Waals surface area (Å²) in [5, 5.41) is 13.7. The second-order valence-electron chi connectivity index (χ2n) is 10.5. The first kappa shape index (κ1) is 27.9. The molecular weight excluding hydrogens is 500 g/mol. The second-order valence-corrected chi connectivity index (χ2v) is 10.5. The standard InChI is InChI=1S/C28H36N6O5/c1-7-8-12-38-26(36)31-21(35)14-17-10-9-11-18(13-17)20-15-19-23-22(29-16-33(23)5)25(32-24(19)30-20)34(6)27(37)39-28(2,3)4/h9-11,13,15-16,21,35H,7-8,12,14H2,1-6H3,(H,30,32)(H,31,36). The van der Waals surface area contributed by atoms with Crippen molar-refractivity contribution in [3.63, 3.8) is 0 Å². The maximum Gasteiger partial charge on any atom is 0.415 e. The summed E-state index contributed by atoms with van der Waals surface area (Å²) in [4.78, 5) is 38.6. The highest BCUT2D eigenvalue weighted by Crippen LogP contribution is 2.33. The average molecular weight is 537 g/mol. The van der Waals surface area contributed by atoms with Gasteiger partial charge in [0.1, 0.15) is 23.0 Å². The van der Waals surface area contributed by atoms with E-state index in [9.17, 15) is 14.7 Å². The lowest BCUT2D eigenvalue weighted by molar-refractivity contribution is 0.0588. The number of hydrogen-bond donors (Lipinski definition) is 3. The van der Waals surface area contributed by atoms with Crippen LogP contribution in [0.25, 0.3) is 33.3 Å². The lowest BCUT2D eigenvalue weighted by Gasteiger charge is -2.24. The van der Waals surface area contributed by atoms with E-state index in [4.69, 9.17) is 14.5 Å². The molecule has 1 unspecified atom stereocenters. The van der Waals surface area contributed by atoms with Crippen molar-refractivity contribution in [1.82, 2.24) is 24.8 Å². The molecule has 3 N–H and O–H groups in total. The number of aromatic nitrogens is 4. The van der Waals surface area contributed by atoms with Gasteiger partial charge in [-0.05, 0) is 50.5 Å². The molecule has 1 atom stereocenters. The van der Waals surface area contributed by atoms with Crippen molar-refractivity contribution in [3.8, 4) is 11.3 Å². The van der Waals surface area contributed by atoms with Crippen molar-refractivity contribution in [2.45, 2.75) is 58.8 Å². The predicted octanol–water partition coefficient (Wildman–Crippen LogP) is 4.88. The zero-order chi connectivity index (χ0) is 28.3. The molecule has 1 aromatic carbocycles. The number of fused-ring (bicyclic) bond motifs is 3. The molecule has 0 fully saturated rings. The average Bonchev–Trinajstić information content (AvgIpc) is 3.45. The molecule has 11 nitrogen and oxygen atoms in total. The quantitative estimate of drug-likeness (QED) is 0.216. The van der Waals surface area contributed by atoms with Gasteiger partial charge in [-0.1, -0.05) is 31.5 Å². The number of imidazole rings is 1. The number of rotatable bonds is 8. The number of carbonyl (C=O) groups excluding carboxylic acids is 2. The van der Waals surface area contributed by atoms with Crippen molar-refractivity contribution < 1.29 is 24.2 Å². The number of pyridine rings is 1. The number of aliphatic hydroxyl groups is 1. The van der Waals surface area contributed by atoms with E-state index in [0.29, 0.717) is 23.6 Å². The number of alkyl carbamates (subject to hydrolysis) is 1. The minimum Gasteiger partial charge on any atom is -0.450 e. The van der Waals surface area contributed by atoms with Gasteiger partial charge in [-0.25, -0.2) is 19.6 Å². The SMILES string of the molecule is CCCCOC(=O)NC(O)Cc1cccc(-c2cc3c(nc(N(C)C(=O)OC(C)(C)C)c4ncn(C)c43)[nH]2)c1. The first-order chi connectivity index (χ1) is 18.5. The fraction of sp³-hybridized carbons (Fsp3) is 0.429. The molecule has 208 valence electrons. The number of aryl methyl sites for hydroxylation is 1. The Kier molecular flexibility index (Phi) is 8.10. The van der Waals surface area contributed by atoms with E-state index in [1.807, 2.05) is 69.6 Å². The summed E-state index contributed by atoms with van der Waals surface area (Å²) >= 11 is 0. The number of amides is 2. The Morgan fingerprint density at radius 1 is 1.26 bits per heavy atom. The number of nitrogens with zero attached hydrogens (tertiary/aromatic N) is 4. The first-order valence-electron chi connectivity index (χ1n) is 13.0. The van der Waals surface area contributed by atoms with Gasteiger partial charge in [0.25, 0.3) is 0 Å². The lowest BCUT2D eigenvalue weighted by atomic mass is 10.1. The number of nitrogens with one attached hydrogen (secondary N) is 2.